The summed E-state index contributed by atoms with van der Waals surface area (Å²) >= 11 is 0. The lowest BCUT2D eigenvalue weighted by Crippen LogP contribution is -2.48. The van der Waals surface area contributed by atoms with Gasteiger partial charge >= 0.3 is 0 Å². The SMILES string of the molecule is Cc1cccc(OCCCC(=O)NC2CCNCC2C)c1. The van der Waals surface area contributed by atoms with E-state index in [4.69, 9.17) is 4.74 Å². The third kappa shape index (κ3) is 5.38. The molecule has 1 aromatic rings. The van der Waals surface area contributed by atoms with Gasteiger partial charge in [-0.1, -0.05) is 19.1 Å². The first-order valence-electron chi connectivity index (χ1n) is 7.84. The summed E-state index contributed by atoms with van der Waals surface area (Å²) in [4.78, 5) is 11.9. The van der Waals surface area contributed by atoms with Crippen LogP contribution < -0.4 is 15.4 Å². The maximum atomic E-state index is 11.9. The molecule has 21 heavy (non-hydrogen) atoms. The molecule has 2 rings (SSSR count). The zero-order valence-electron chi connectivity index (χ0n) is 13.0. The third-order valence-electron chi connectivity index (χ3n) is 3.94. The first-order chi connectivity index (χ1) is 10.1. The molecule has 1 aromatic carbocycles. The van der Waals surface area contributed by atoms with Crippen molar-refractivity contribution in [2.24, 2.45) is 5.92 Å². The zero-order chi connectivity index (χ0) is 15.1. The average Bonchev–Trinajstić information content (AvgIpc) is 2.46. The number of hydrogen-bond donors (Lipinski definition) is 2. The predicted octanol–water partition coefficient (Wildman–Crippen LogP) is 2.27. The average molecular weight is 290 g/mol. The van der Waals surface area contributed by atoms with E-state index in [1.807, 2.05) is 31.2 Å². The van der Waals surface area contributed by atoms with Crippen molar-refractivity contribution >= 4 is 5.91 Å². The molecule has 1 heterocycles. The van der Waals surface area contributed by atoms with Crippen molar-refractivity contribution in [1.29, 1.82) is 0 Å². The minimum Gasteiger partial charge on any atom is -0.494 e. The number of carbonyl (C=O) groups is 1. The fourth-order valence-corrected chi connectivity index (χ4v) is 2.64. The molecule has 4 nitrogen and oxygen atoms in total. The van der Waals surface area contributed by atoms with Crippen molar-refractivity contribution in [2.75, 3.05) is 19.7 Å². The highest BCUT2D eigenvalue weighted by molar-refractivity contribution is 5.76. The van der Waals surface area contributed by atoms with E-state index in [1.54, 1.807) is 0 Å². The Bertz CT molecular complexity index is 462. The molecule has 2 N–H and O–H groups in total. The zero-order valence-corrected chi connectivity index (χ0v) is 13.0. The van der Waals surface area contributed by atoms with Gasteiger partial charge in [0.1, 0.15) is 5.75 Å². The van der Waals surface area contributed by atoms with E-state index in [-0.39, 0.29) is 5.91 Å². The molecule has 1 aliphatic rings. The van der Waals surface area contributed by atoms with Gasteiger partial charge in [0.05, 0.1) is 6.61 Å². The molecule has 0 aliphatic carbocycles. The molecule has 0 aromatic heterocycles. The molecule has 1 fully saturated rings. The van der Waals surface area contributed by atoms with E-state index >= 15 is 0 Å². The van der Waals surface area contributed by atoms with Crippen molar-refractivity contribution in [1.82, 2.24) is 10.6 Å². The molecule has 4 heteroatoms. The second-order valence-electron chi connectivity index (χ2n) is 5.91. The van der Waals surface area contributed by atoms with Crippen molar-refractivity contribution in [3.05, 3.63) is 29.8 Å². The summed E-state index contributed by atoms with van der Waals surface area (Å²) in [5.41, 5.74) is 1.19. The highest BCUT2D eigenvalue weighted by atomic mass is 16.5. The number of aryl methyl sites for hydroxylation is 1. The molecule has 1 saturated heterocycles. The van der Waals surface area contributed by atoms with E-state index in [2.05, 4.69) is 17.6 Å². The number of hydrogen-bond acceptors (Lipinski definition) is 3. The lowest BCUT2D eigenvalue weighted by atomic mass is 9.95. The molecular formula is C17H26N2O2. The van der Waals surface area contributed by atoms with E-state index in [9.17, 15) is 4.79 Å². The van der Waals surface area contributed by atoms with Gasteiger partial charge in [-0.3, -0.25) is 4.79 Å². The number of ether oxygens (including phenoxy) is 1. The largest absolute Gasteiger partial charge is 0.494 e. The topological polar surface area (TPSA) is 50.4 Å². The molecule has 2 unspecified atom stereocenters. The standard InChI is InChI=1S/C17H26N2O2/c1-13-5-3-6-15(11-13)21-10-4-7-17(20)19-16-8-9-18-12-14(16)2/h3,5-6,11,14,16,18H,4,7-10,12H2,1-2H3,(H,19,20). The second kappa shape index (κ2) is 8.03. The Hall–Kier alpha value is -1.55. The molecule has 2 atom stereocenters. The van der Waals surface area contributed by atoms with Gasteiger partial charge in [0, 0.05) is 12.5 Å². The summed E-state index contributed by atoms with van der Waals surface area (Å²) in [6.07, 6.45) is 2.30. The lowest BCUT2D eigenvalue weighted by molar-refractivity contribution is -0.122. The third-order valence-corrected chi connectivity index (χ3v) is 3.94. The number of piperidine rings is 1. The smallest absolute Gasteiger partial charge is 0.220 e. The van der Waals surface area contributed by atoms with Gasteiger partial charge < -0.3 is 15.4 Å². The highest BCUT2D eigenvalue weighted by Gasteiger charge is 2.22. The number of rotatable bonds is 6. The van der Waals surface area contributed by atoms with Crippen molar-refractivity contribution in [2.45, 2.75) is 39.2 Å². The van der Waals surface area contributed by atoms with Gasteiger partial charge in [-0.25, -0.2) is 0 Å². The number of amides is 1. The molecular weight excluding hydrogens is 264 g/mol. The monoisotopic (exact) mass is 290 g/mol. The van der Waals surface area contributed by atoms with E-state index in [1.165, 1.54) is 5.56 Å². The summed E-state index contributed by atoms with van der Waals surface area (Å²) in [6, 6.07) is 8.30. The van der Waals surface area contributed by atoms with Crippen LogP contribution in [0.2, 0.25) is 0 Å². The van der Waals surface area contributed by atoms with E-state index in [0.29, 0.717) is 25.0 Å². The Morgan fingerprint density at radius 3 is 3.10 bits per heavy atom. The Kier molecular flexibility index (Phi) is 6.05. The Morgan fingerprint density at radius 2 is 2.33 bits per heavy atom. The Balaban J connectivity index is 1.63. The molecule has 1 aliphatic heterocycles. The second-order valence-corrected chi connectivity index (χ2v) is 5.91. The molecule has 0 radical (unpaired) electrons. The van der Waals surface area contributed by atoms with E-state index < -0.39 is 0 Å². The molecule has 116 valence electrons. The maximum absolute atomic E-state index is 11.9. The van der Waals surface area contributed by atoms with Crippen LogP contribution >= 0.6 is 0 Å². The van der Waals surface area contributed by atoms with Crippen molar-refractivity contribution in [3.63, 3.8) is 0 Å². The van der Waals surface area contributed by atoms with Crippen molar-refractivity contribution < 1.29 is 9.53 Å². The van der Waals surface area contributed by atoms with Gasteiger partial charge in [0.2, 0.25) is 5.91 Å². The number of nitrogens with one attached hydrogen (secondary N) is 2. The summed E-state index contributed by atoms with van der Waals surface area (Å²) < 4.78 is 5.66. The van der Waals surface area contributed by atoms with E-state index in [0.717, 1.165) is 31.7 Å². The normalized spacial score (nSPS) is 21.8. The summed E-state index contributed by atoms with van der Waals surface area (Å²) in [5.74, 6) is 1.52. The van der Waals surface area contributed by atoms with Crippen LogP contribution in [0.5, 0.6) is 5.75 Å². The molecule has 1 amide bonds. The molecule has 0 bridgehead atoms. The van der Waals surface area contributed by atoms with Crippen LogP contribution in [0.3, 0.4) is 0 Å². The van der Waals surface area contributed by atoms with Gasteiger partial charge in [-0.2, -0.15) is 0 Å². The molecule has 0 spiro atoms. The minimum atomic E-state index is 0.140. The lowest BCUT2D eigenvalue weighted by Gasteiger charge is -2.30. The summed E-state index contributed by atoms with van der Waals surface area (Å²) in [5, 5.41) is 6.48. The van der Waals surface area contributed by atoms with Gasteiger partial charge in [-0.05, 0) is 56.5 Å². The maximum Gasteiger partial charge on any atom is 0.220 e. The van der Waals surface area contributed by atoms with Crippen molar-refractivity contribution in [3.8, 4) is 5.75 Å². The Morgan fingerprint density at radius 1 is 1.48 bits per heavy atom. The van der Waals surface area contributed by atoms with Gasteiger partial charge in [-0.15, -0.1) is 0 Å². The fourth-order valence-electron chi connectivity index (χ4n) is 2.64. The number of carbonyl (C=O) groups excluding carboxylic acids is 1. The number of benzene rings is 1. The van der Waals surface area contributed by atoms with Crippen LogP contribution in [-0.4, -0.2) is 31.6 Å². The van der Waals surface area contributed by atoms with Crippen LogP contribution in [0, 0.1) is 12.8 Å². The summed E-state index contributed by atoms with van der Waals surface area (Å²) in [6.45, 7) is 6.78. The fraction of sp³-hybridized carbons (Fsp3) is 0.588. The molecule has 0 saturated carbocycles. The van der Waals surface area contributed by atoms with Crippen LogP contribution in [0.1, 0.15) is 31.7 Å². The predicted molar refractivity (Wildman–Crippen MR) is 84.5 cm³/mol. The quantitative estimate of drug-likeness (QED) is 0.790. The first kappa shape index (κ1) is 15.8. The minimum absolute atomic E-state index is 0.140. The summed E-state index contributed by atoms with van der Waals surface area (Å²) in [7, 11) is 0. The van der Waals surface area contributed by atoms with Gasteiger partial charge in [0.15, 0.2) is 0 Å². The van der Waals surface area contributed by atoms with Crippen LogP contribution in [-0.2, 0) is 4.79 Å². The Labute approximate surface area is 127 Å². The van der Waals surface area contributed by atoms with Crippen LogP contribution in [0.25, 0.3) is 0 Å². The van der Waals surface area contributed by atoms with Crippen LogP contribution in [0.4, 0.5) is 0 Å². The first-order valence-corrected chi connectivity index (χ1v) is 7.84. The van der Waals surface area contributed by atoms with Crippen LogP contribution in [0.15, 0.2) is 24.3 Å². The highest BCUT2D eigenvalue weighted by Crippen LogP contribution is 2.13. The van der Waals surface area contributed by atoms with Gasteiger partial charge in [0.25, 0.3) is 0 Å².